The molecule has 0 spiro atoms. The summed E-state index contributed by atoms with van der Waals surface area (Å²) in [7, 11) is 0. The maximum absolute atomic E-state index is 12.9. The Morgan fingerprint density at radius 2 is 1.64 bits per heavy atom. The van der Waals surface area contributed by atoms with E-state index in [4.69, 9.17) is 9.84 Å². The van der Waals surface area contributed by atoms with Crippen LogP contribution < -0.4 is 0 Å². The largest absolute Gasteiger partial charge is 0.481 e. The molecule has 8 nitrogen and oxygen atoms in total. The minimum atomic E-state index is -1.66. The van der Waals surface area contributed by atoms with Crippen LogP contribution in [-0.4, -0.2) is 56.1 Å². The highest BCUT2D eigenvalue weighted by atomic mass is 16.5. The van der Waals surface area contributed by atoms with E-state index in [2.05, 4.69) is 48.1 Å². The predicted octanol–water partition coefficient (Wildman–Crippen LogP) is 6.93. The Hall–Kier alpha value is -2.19. The average molecular weight is 631 g/mol. The molecule has 45 heavy (non-hydrogen) atoms. The first-order chi connectivity index (χ1) is 20.6. The van der Waals surface area contributed by atoms with E-state index in [1.165, 1.54) is 18.1 Å². The Morgan fingerprint density at radius 1 is 1.00 bits per heavy atom. The maximum atomic E-state index is 12.9. The average Bonchev–Trinajstić information content (AvgIpc) is 3.20. The van der Waals surface area contributed by atoms with Crippen molar-refractivity contribution < 1.29 is 39.5 Å². The van der Waals surface area contributed by atoms with E-state index in [1.54, 1.807) is 6.92 Å². The van der Waals surface area contributed by atoms with Crippen LogP contribution in [0.2, 0.25) is 0 Å². The number of fused-ring (bicyclic) bond motifs is 4. The Labute approximate surface area is 269 Å². The third kappa shape index (κ3) is 6.03. The molecule has 254 valence electrons. The summed E-state index contributed by atoms with van der Waals surface area (Å²) in [5.41, 5.74) is 1.17. The molecule has 0 aliphatic heterocycles. The molecule has 4 aliphatic rings. The monoisotopic (exact) mass is 630 g/mol. The summed E-state index contributed by atoms with van der Waals surface area (Å²) >= 11 is 0. The van der Waals surface area contributed by atoms with Crippen molar-refractivity contribution in [2.75, 3.05) is 0 Å². The van der Waals surface area contributed by atoms with Crippen LogP contribution in [0.3, 0.4) is 0 Å². The zero-order valence-corrected chi connectivity index (χ0v) is 28.9. The second kappa shape index (κ2) is 12.1. The van der Waals surface area contributed by atoms with E-state index in [0.717, 1.165) is 44.1 Å². The highest BCUT2D eigenvalue weighted by Gasteiger charge is 2.66. The normalized spacial score (nSPS) is 38.2. The van der Waals surface area contributed by atoms with Gasteiger partial charge in [-0.25, -0.2) is 0 Å². The fourth-order valence-electron chi connectivity index (χ4n) is 10.7. The molecule has 0 saturated heterocycles. The Kier molecular flexibility index (Phi) is 9.60. The summed E-state index contributed by atoms with van der Waals surface area (Å²) in [5.74, 6) is -2.21. The lowest BCUT2D eigenvalue weighted by molar-refractivity contribution is -0.175. The van der Waals surface area contributed by atoms with Crippen LogP contribution in [0.4, 0.5) is 0 Å². The number of carbonyl (C=O) groups excluding carboxylic acids is 1. The molecule has 0 aromatic heterocycles. The van der Waals surface area contributed by atoms with Gasteiger partial charge in [-0.05, 0) is 100 Å². The van der Waals surface area contributed by atoms with Gasteiger partial charge in [0.05, 0.1) is 30.5 Å². The predicted molar refractivity (Wildman–Crippen MR) is 172 cm³/mol. The molecule has 4 aliphatic carbocycles. The number of allylic oxidation sites excluding steroid dienone is 1. The lowest BCUT2D eigenvalue weighted by Gasteiger charge is -2.63. The second-order valence-electron chi connectivity index (χ2n) is 16.8. The number of aliphatic hydroxyl groups excluding tert-OH is 1. The van der Waals surface area contributed by atoms with E-state index in [9.17, 15) is 29.7 Å². The number of hydrogen-bond donors (Lipinski definition) is 4. The number of hydrogen-bond acceptors (Lipinski definition) is 6. The minimum absolute atomic E-state index is 0.124. The smallest absolute Gasteiger partial charge is 0.310 e. The van der Waals surface area contributed by atoms with Gasteiger partial charge in [-0.1, -0.05) is 64.8 Å². The molecule has 2 saturated carbocycles. The van der Waals surface area contributed by atoms with Gasteiger partial charge in [0.25, 0.3) is 0 Å². The molecule has 2 unspecified atom stereocenters. The topological polar surface area (TPSA) is 141 Å². The van der Waals surface area contributed by atoms with Crippen molar-refractivity contribution in [2.24, 2.45) is 45.3 Å². The Balaban J connectivity index is 1.55. The standard InChI is InChI=1S/C37H58O8/c1-21(23(3)32(42)43)10-11-22(2)24-14-17-36(8)25-12-13-27-33(4,5)29(45-31(41)20-34(6,44)19-30(39)40)15-16-35(27,7)26(25)18-28(38)37(24,36)9/h22-24,27-29,38,44H,1,10-20H2,2-9H3,(H,39,40)(H,42,43)/t22?,23-,24+,27?,28-,29+,34-,35+,36-,37-/m0/s1. The highest BCUT2D eigenvalue weighted by molar-refractivity contribution is 5.74. The number of ether oxygens (including phenoxy) is 1. The van der Waals surface area contributed by atoms with Gasteiger partial charge in [0, 0.05) is 10.8 Å². The molecule has 0 radical (unpaired) electrons. The van der Waals surface area contributed by atoms with E-state index in [0.29, 0.717) is 31.1 Å². The van der Waals surface area contributed by atoms with Gasteiger partial charge in [-0.15, -0.1) is 0 Å². The molecule has 4 N–H and O–H groups in total. The molecule has 2 fully saturated rings. The van der Waals surface area contributed by atoms with Crippen LogP contribution in [-0.2, 0) is 19.1 Å². The van der Waals surface area contributed by atoms with Crippen LogP contribution in [0, 0.1) is 45.3 Å². The summed E-state index contributed by atoms with van der Waals surface area (Å²) in [5, 5.41) is 41.0. The quantitative estimate of drug-likeness (QED) is 0.142. The fraction of sp³-hybridized carbons (Fsp3) is 0.811. The van der Waals surface area contributed by atoms with Crippen molar-refractivity contribution in [1.29, 1.82) is 0 Å². The second-order valence-corrected chi connectivity index (χ2v) is 16.8. The first-order valence-corrected chi connectivity index (χ1v) is 17.1. The van der Waals surface area contributed by atoms with Gasteiger partial charge in [-0.2, -0.15) is 0 Å². The molecule has 0 aromatic rings. The zero-order valence-electron chi connectivity index (χ0n) is 28.9. The van der Waals surface area contributed by atoms with Crippen molar-refractivity contribution in [3.63, 3.8) is 0 Å². The van der Waals surface area contributed by atoms with Crippen molar-refractivity contribution in [3.8, 4) is 0 Å². The summed E-state index contributed by atoms with van der Waals surface area (Å²) in [4.78, 5) is 35.5. The molecular formula is C37H58O8. The lowest BCUT2D eigenvalue weighted by atomic mass is 9.42. The molecule has 8 heteroatoms. The van der Waals surface area contributed by atoms with Crippen LogP contribution in [0.25, 0.3) is 0 Å². The Bertz CT molecular complexity index is 1250. The fourth-order valence-corrected chi connectivity index (χ4v) is 10.7. The lowest BCUT2D eigenvalue weighted by Crippen LogP contribution is -2.58. The van der Waals surface area contributed by atoms with Crippen LogP contribution in [0.1, 0.15) is 126 Å². The van der Waals surface area contributed by atoms with E-state index < -0.39 is 42.0 Å². The van der Waals surface area contributed by atoms with Gasteiger partial charge in [0.1, 0.15) is 6.10 Å². The molecular weight excluding hydrogens is 572 g/mol. The van der Waals surface area contributed by atoms with Crippen LogP contribution >= 0.6 is 0 Å². The molecule has 4 rings (SSSR count). The summed E-state index contributed by atoms with van der Waals surface area (Å²) in [6, 6.07) is 0. The van der Waals surface area contributed by atoms with Crippen LogP contribution in [0.15, 0.2) is 23.3 Å². The van der Waals surface area contributed by atoms with Crippen LogP contribution in [0.5, 0.6) is 0 Å². The third-order valence-corrected chi connectivity index (χ3v) is 13.8. The number of carbonyl (C=O) groups is 3. The zero-order chi connectivity index (χ0) is 33.9. The van der Waals surface area contributed by atoms with Crippen molar-refractivity contribution in [1.82, 2.24) is 0 Å². The summed E-state index contributed by atoms with van der Waals surface area (Å²) < 4.78 is 5.99. The minimum Gasteiger partial charge on any atom is -0.481 e. The number of carboxylic acid groups (broad SMARTS) is 2. The van der Waals surface area contributed by atoms with E-state index in [-0.39, 0.29) is 40.1 Å². The number of aliphatic hydroxyl groups is 2. The molecule has 0 amide bonds. The van der Waals surface area contributed by atoms with E-state index >= 15 is 0 Å². The van der Waals surface area contributed by atoms with Gasteiger partial charge in [-0.3, -0.25) is 14.4 Å². The summed E-state index contributed by atoms with van der Waals surface area (Å²) in [6.07, 6.45) is 6.01. The van der Waals surface area contributed by atoms with Crippen molar-refractivity contribution in [3.05, 3.63) is 23.3 Å². The number of esters is 1. The Morgan fingerprint density at radius 3 is 2.24 bits per heavy atom. The van der Waals surface area contributed by atoms with Gasteiger partial charge in [0.2, 0.25) is 0 Å². The molecule has 0 heterocycles. The molecule has 0 aromatic carbocycles. The maximum Gasteiger partial charge on any atom is 0.310 e. The van der Waals surface area contributed by atoms with Gasteiger partial charge < -0.3 is 25.2 Å². The summed E-state index contributed by atoms with van der Waals surface area (Å²) in [6.45, 7) is 20.8. The first-order valence-electron chi connectivity index (χ1n) is 17.1. The first kappa shape index (κ1) is 35.7. The van der Waals surface area contributed by atoms with E-state index in [1.807, 2.05) is 0 Å². The number of rotatable bonds is 11. The SMILES string of the molecule is C=C(CCC(C)[C@H]1CC[C@@]2(C)C3=C(C[C@H](O)[C@]12C)[C@@]1(C)CC[C@@H](OC(=O)C[C@@](C)(O)CC(=O)O)C(C)(C)C1CC3)[C@H](C)C(=O)O. The van der Waals surface area contributed by atoms with Crippen molar-refractivity contribution >= 4 is 17.9 Å². The number of aliphatic carboxylic acids is 2. The third-order valence-electron chi connectivity index (χ3n) is 13.8. The van der Waals surface area contributed by atoms with Gasteiger partial charge in [0.15, 0.2) is 0 Å². The van der Waals surface area contributed by atoms with Crippen molar-refractivity contribution in [2.45, 2.75) is 144 Å². The molecule has 0 bridgehead atoms. The molecule has 10 atom stereocenters. The number of carboxylic acids is 2. The highest BCUT2D eigenvalue weighted by Crippen LogP contribution is 2.72. The van der Waals surface area contributed by atoms with Gasteiger partial charge >= 0.3 is 17.9 Å².